The van der Waals surface area contributed by atoms with Crippen LogP contribution in [0.3, 0.4) is 0 Å². The maximum atomic E-state index is 12.6. The van der Waals surface area contributed by atoms with Gasteiger partial charge in [0.2, 0.25) is 0 Å². The van der Waals surface area contributed by atoms with Gasteiger partial charge in [0.1, 0.15) is 17.4 Å². The highest BCUT2D eigenvalue weighted by Gasteiger charge is 2.22. The van der Waals surface area contributed by atoms with Gasteiger partial charge in [0.05, 0.1) is 0 Å². The minimum Gasteiger partial charge on any atom is -0.480 e. The monoisotopic (exact) mass is 417 g/mol. The summed E-state index contributed by atoms with van der Waals surface area (Å²) in [5, 5.41) is 12.1. The molecule has 2 aromatic rings. The van der Waals surface area contributed by atoms with Gasteiger partial charge in [-0.25, -0.2) is 4.79 Å². The Morgan fingerprint density at radius 3 is 2.47 bits per heavy atom. The first-order chi connectivity index (χ1) is 14.2. The summed E-state index contributed by atoms with van der Waals surface area (Å²) in [6.07, 6.45) is 4.11. The van der Waals surface area contributed by atoms with E-state index in [1.165, 1.54) is 13.8 Å². The average molecular weight is 418 g/mol. The second-order valence-corrected chi connectivity index (χ2v) is 7.70. The number of amides is 1. The second-order valence-electron chi connectivity index (χ2n) is 7.70. The van der Waals surface area contributed by atoms with E-state index < -0.39 is 24.0 Å². The van der Waals surface area contributed by atoms with Crippen LogP contribution in [0.15, 0.2) is 21.3 Å². The van der Waals surface area contributed by atoms with E-state index in [-0.39, 0.29) is 5.63 Å². The zero-order valence-electron chi connectivity index (χ0n) is 18.3. The molecule has 2 N–H and O–H groups in total. The van der Waals surface area contributed by atoms with E-state index in [0.717, 1.165) is 36.6 Å². The number of fused-ring (bicyclic) bond motifs is 1. The van der Waals surface area contributed by atoms with Crippen molar-refractivity contribution >= 4 is 22.8 Å². The molecular weight excluding hydrogens is 386 g/mol. The fraction of sp³-hybridized carbons (Fsp3) is 0.522. The van der Waals surface area contributed by atoms with Crippen LogP contribution in [0.2, 0.25) is 0 Å². The van der Waals surface area contributed by atoms with Gasteiger partial charge in [0.15, 0.2) is 6.10 Å². The van der Waals surface area contributed by atoms with Crippen LogP contribution in [-0.4, -0.2) is 29.1 Å². The minimum absolute atomic E-state index is 0.335. The quantitative estimate of drug-likeness (QED) is 0.449. The van der Waals surface area contributed by atoms with Crippen molar-refractivity contribution in [2.75, 3.05) is 0 Å². The molecule has 7 nitrogen and oxygen atoms in total. The molecule has 1 heterocycles. The van der Waals surface area contributed by atoms with Crippen LogP contribution in [0.25, 0.3) is 11.0 Å². The summed E-state index contributed by atoms with van der Waals surface area (Å²) < 4.78 is 11.4. The fourth-order valence-corrected chi connectivity index (χ4v) is 3.35. The Bertz CT molecular complexity index is 978. The lowest BCUT2D eigenvalue weighted by Gasteiger charge is -2.18. The van der Waals surface area contributed by atoms with Gasteiger partial charge in [-0.1, -0.05) is 26.2 Å². The van der Waals surface area contributed by atoms with Gasteiger partial charge in [-0.05, 0) is 58.2 Å². The molecule has 164 valence electrons. The number of carboxylic acid groups (broad SMARTS) is 1. The Morgan fingerprint density at radius 1 is 1.13 bits per heavy atom. The molecule has 0 saturated heterocycles. The molecule has 2 atom stereocenters. The largest absolute Gasteiger partial charge is 0.480 e. The second kappa shape index (κ2) is 10.3. The number of rotatable bonds is 10. The van der Waals surface area contributed by atoms with Crippen molar-refractivity contribution in [2.45, 2.75) is 78.9 Å². The highest BCUT2D eigenvalue weighted by Crippen LogP contribution is 2.30. The predicted octanol–water partition coefficient (Wildman–Crippen LogP) is 3.89. The molecule has 7 heteroatoms. The molecule has 0 aliphatic carbocycles. The van der Waals surface area contributed by atoms with Gasteiger partial charge < -0.3 is 19.6 Å². The molecule has 2 rings (SSSR count). The summed E-state index contributed by atoms with van der Waals surface area (Å²) in [7, 11) is 0. The van der Waals surface area contributed by atoms with E-state index >= 15 is 0 Å². The Hall–Kier alpha value is -2.83. The van der Waals surface area contributed by atoms with Crippen molar-refractivity contribution in [3.8, 4) is 5.75 Å². The number of hydrogen-bond acceptors (Lipinski definition) is 5. The third-order valence-electron chi connectivity index (χ3n) is 5.34. The molecular formula is C23H31NO6. The molecule has 0 saturated carbocycles. The molecule has 0 unspecified atom stereocenters. The van der Waals surface area contributed by atoms with Crippen molar-refractivity contribution in [2.24, 2.45) is 0 Å². The average Bonchev–Trinajstić information content (AvgIpc) is 2.69. The van der Waals surface area contributed by atoms with E-state index in [1.54, 1.807) is 13.0 Å². The molecule has 1 aromatic carbocycles. The van der Waals surface area contributed by atoms with Crippen LogP contribution >= 0.6 is 0 Å². The van der Waals surface area contributed by atoms with Crippen LogP contribution in [-0.2, 0) is 16.0 Å². The topological polar surface area (TPSA) is 106 Å². The molecule has 0 bridgehead atoms. The lowest BCUT2D eigenvalue weighted by atomic mass is 9.99. The zero-order valence-corrected chi connectivity index (χ0v) is 18.3. The van der Waals surface area contributed by atoms with Crippen LogP contribution in [0, 0.1) is 13.8 Å². The van der Waals surface area contributed by atoms with Gasteiger partial charge in [-0.3, -0.25) is 9.59 Å². The fourth-order valence-electron chi connectivity index (χ4n) is 3.35. The first-order valence-corrected chi connectivity index (χ1v) is 10.4. The summed E-state index contributed by atoms with van der Waals surface area (Å²) >= 11 is 0. The maximum Gasteiger partial charge on any atom is 0.339 e. The number of aliphatic carboxylic acids is 1. The van der Waals surface area contributed by atoms with Crippen molar-refractivity contribution in [1.29, 1.82) is 0 Å². The van der Waals surface area contributed by atoms with Crippen LogP contribution in [0.1, 0.15) is 63.1 Å². The minimum atomic E-state index is -1.12. The molecule has 0 spiro atoms. The number of benzene rings is 1. The van der Waals surface area contributed by atoms with E-state index in [4.69, 9.17) is 14.3 Å². The summed E-state index contributed by atoms with van der Waals surface area (Å²) in [5.74, 6) is -1.25. The Labute approximate surface area is 176 Å². The summed E-state index contributed by atoms with van der Waals surface area (Å²) in [4.78, 5) is 35.6. The number of unbranched alkanes of at least 4 members (excludes halogenated alkanes) is 3. The lowest BCUT2D eigenvalue weighted by Crippen LogP contribution is -2.44. The Kier molecular flexibility index (Phi) is 8.03. The Morgan fingerprint density at radius 2 is 1.83 bits per heavy atom. The number of ether oxygens (including phenoxy) is 1. The van der Waals surface area contributed by atoms with Crippen molar-refractivity contribution in [3.63, 3.8) is 0 Å². The number of carboxylic acids is 1. The van der Waals surface area contributed by atoms with Gasteiger partial charge in [0.25, 0.3) is 5.91 Å². The number of carbonyl (C=O) groups is 2. The number of hydrogen-bond donors (Lipinski definition) is 2. The molecule has 0 aliphatic heterocycles. The summed E-state index contributed by atoms with van der Waals surface area (Å²) in [6, 6.07) is 2.56. The Balaban J connectivity index is 2.26. The summed E-state index contributed by atoms with van der Waals surface area (Å²) in [6.45, 7) is 8.76. The van der Waals surface area contributed by atoms with E-state index in [9.17, 15) is 14.4 Å². The number of nitrogens with one attached hydrogen (secondary N) is 1. The van der Waals surface area contributed by atoms with E-state index in [0.29, 0.717) is 28.9 Å². The number of aryl methyl sites for hydroxylation is 2. The van der Waals surface area contributed by atoms with Crippen molar-refractivity contribution < 1.29 is 23.8 Å². The van der Waals surface area contributed by atoms with Crippen molar-refractivity contribution in [3.05, 3.63) is 39.2 Å². The molecule has 1 amide bonds. The van der Waals surface area contributed by atoms with Crippen LogP contribution in [0.4, 0.5) is 0 Å². The van der Waals surface area contributed by atoms with Crippen molar-refractivity contribution in [1.82, 2.24) is 5.32 Å². The molecule has 1 aromatic heterocycles. The van der Waals surface area contributed by atoms with E-state index in [2.05, 4.69) is 12.2 Å². The van der Waals surface area contributed by atoms with Gasteiger partial charge in [-0.15, -0.1) is 0 Å². The molecule has 0 aliphatic rings. The highest BCUT2D eigenvalue weighted by atomic mass is 16.5. The molecule has 0 radical (unpaired) electrons. The van der Waals surface area contributed by atoms with Gasteiger partial charge in [-0.2, -0.15) is 0 Å². The predicted molar refractivity (Wildman–Crippen MR) is 115 cm³/mol. The van der Waals surface area contributed by atoms with Crippen LogP contribution < -0.4 is 15.7 Å². The first-order valence-electron chi connectivity index (χ1n) is 10.4. The lowest BCUT2D eigenvalue weighted by molar-refractivity contribution is -0.142. The maximum absolute atomic E-state index is 12.6. The van der Waals surface area contributed by atoms with E-state index in [1.807, 2.05) is 13.0 Å². The SMILES string of the molecule is CCCCCCc1c(C)c2ccc(O[C@H](C)C(=O)N[C@H](C)C(=O)O)c(C)c2oc1=O. The standard InChI is InChI=1S/C23H31NO6/c1-6-7-8-9-10-18-13(2)17-11-12-19(14(3)20(17)30-23(18)28)29-16(5)21(25)24-15(4)22(26)27/h11-12,15-16H,6-10H2,1-5H3,(H,24,25)(H,26,27)/t15-,16-/m1/s1. The first kappa shape index (κ1) is 23.4. The molecule has 30 heavy (non-hydrogen) atoms. The third-order valence-corrected chi connectivity index (χ3v) is 5.34. The summed E-state index contributed by atoms with van der Waals surface area (Å²) in [5.41, 5.74) is 2.35. The highest BCUT2D eigenvalue weighted by molar-refractivity contribution is 5.87. The smallest absolute Gasteiger partial charge is 0.339 e. The molecule has 0 fully saturated rings. The third kappa shape index (κ3) is 5.40. The van der Waals surface area contributed by atoms with Gasteiger partial charge >= 0.3 is 11.6 Å². The normalized spacial score (nSPS) is 13.1. The number of carbonyl (C=O) groups excluding carboxylic acids is 1. The van der Waals surface area contributed by atoms with Crippen LogP contribution in [0.5, 0.6) is 5.75 Å². The zero-order chi connectivity index (χ0) is 22.4. The van der Waals surface area contributed by atoms with Gasteiger partial charge in [0, 0.05) is 16.5 Å².